The molecule has 6 aromatic rings. The van der Waals surface area contributed by atoms with Gasteiger partial charge in [-0.05, 0) is 39.5 Å². The third kappa shape index (κ3) is 14.8. The van der Waals surface area contributed by atoms with Crippen LogP contribution in [0.2, 0.25) is 0 Å². The van der Waals surface area contributed by atoms with E-state index in [9.17, 15) is 0 Å². The van der Waals surface area contributed by atoms with Crippen LogP contribution in [0.1, 0.15) is 70.2 Å². The quantitative estimate of drug-likeness (QED) is 0.120. The summed E-state index contributed by atoms with van der Waals surface area (Å²) in [6, 6.07) is 54.4. The number of hydrogen-bond donors (Lipinski definition) is 0. The predicted octanol–water partition coefficient (Wildman–Crippen LogP) is 15.3. The van der Waals surface area contributed by atoms with Crippen LogP contribution in [-0.4, -0.2) is 4.21 Å². The zero-order valence-corrected chi connectivity index (χ0v) is 41.5. The molecule has 0 bridgehead atoms. The molecule has 0 heterocycles. The van der Waals surface area contributed by atoms with Crippen LogP contribution in [0, 0.1) is 31.4 Å². The summed E-state index contributed by atoms with van der Waals surface area (Å²) in [7, 11) is 0. The summed E-state index contributed by atoms with van der Waals surface area (Å²) in [5.74, 6) is 0. The number of fused-ring (bicyclic) bond motifs is 3. The van der Waals surface area contributed by atoms with Gasteiger partial charge in [0.15, 0.2) is 0 Å². The van der Waals surface area contributed by atoms with Crippen LogP contribution in [0.4, 0.5) is 0 Å². The summed E-state index contributed by atoms with van der Waals surface area (Å²) in [6.45, 7) is 13.9. The zero-order chi connectivity index (χ0) is 39.1. The number of hydrogen-bond acceptors (Lipinski definition) is 0. The van der Waals surface area contributed by atoms with Crippen molar-refractivity contribution in [2.45, 2.75) is 65.2 Å². The fourth-order valence-corrected chi connectivity index (χ4v) is 6.89. The van der Waals surface area contributed by atoms with Crippen molar-refractivity contribution in [3.63, 3.8) is 0 Å². The number of rotatable bonds is 2. The van der Waals surface area contributed by atoms with Gasteiger partial charge in [0.05, 0.1) is 0 Å². The van der Waals surface area contributed by atoms with Gasteiger partial charge in [-0.15, -0.1) is 60.1 Å². The molecule has 0 saturated carbocycles. The molecule has 0 spiro atoms. The SMILES string of the molecule is CC(C)(C)c1cc2c([c-]c1-c1ccccc1)Cc1cc(-c3ccccc3)c(C(C)(C)C)cc1-2.Cl.Cl.Ic1cc[c-]cc1.Ic1cc[c-]cc1.[C-]1=CC=CC1.[CH2]=[Zr]. The molecule has 5 heteroatoms. The molecule has 0 aliphatic heterocycles. The Morgan fingerprint density at radius 2 is 1.07 bits per heavy atom. The van der Waals surface area contributed by atoms with Crippen LogP contribution in [0.25, 0.3) is 33.4 Å². The first-order valence-electron chi connectivity index (χ1n) is 18.1. The van der Waals surface area contributed by atoms with Crippen LogP contribution in [0.3, 0.4) is 0 Å². The van der Waals surface area contributed by atoms with Crippen molar-refractivity contribution in [3.8, 4) is 33.4 Å². The minimum absolute atomic E-state index is 0. The molecule has 290 valence electrons. The molecular weight excluding hydrogens is 1030 g/mol. The molecule has 2 aliphatic carbocycles. The summed E-state index contributed by atoms with van der Waals surface area (Å²) in [6.07, 6.45) is 10.9. The maximum absolute atomic E-state index is 3.88. The summed E-state index contributed by atoms with van der Waals surface area (Å²) in [4.78, 5) is 0. The molecule has 0 fully saturated rings. The summed E-state index contributed by atoms with van der Waals surface area (Å²) in [5.41, 5.74) is 13.5. The molecular formula is C51H50Cl2I2Zr-4. The van der Waals surface area contributed by atoms with E-state index in [0.717, 1.165) is 12.8 Å². The molecule has 0 atom stereocenters. The van der Waals surface area contributed by atoms with E-state index < -0.39 is 0 Å². The fourth-order valence-electron chi connectivity index (χ4n) is 6.18. The van der Waals surface area contributed by atoms with Crippen molar-refractivity contribution in [2.24, 2.45) is 0 Å². The molecule has 0 amide bonds. The van der Waals surface area contributed by atoms with Crippen molar-refractivity contribution >= 4 is 74.2 Å². The molecule has 0 saturated heterocycles. The Kier molecular flexibility index (Phi) is 21.8. The van der Waals surface area contributed by atoms with Gasteiger partial charge >= 0.3 is 28.4 Å². The van der Waals surface area contributed by atoms with Crippen molar-refractivity contribution in [3.05, 3.63) is 199 Å². The second-order valence-electron chi connectivity index (χ2n) is 14.9. The first-order valence-corrected chi connectivity index (χ1v) is 22.0. The van der Waals surface area contributed by atoms with Crippen LogP contribution in [-0.2, 0) is 41.5 Å². The van der Waals surface area contributed by atoms with Crippen LogP contribution in [0.5, 0.6) is 0 Å². The number of halogens is 4. The Labute approximate surface area is 392 Å². The Morgan fingerprint density at radius 3 is 1.46 bits per heavy atom. The van der Waals surface area contributed by atoms with E-state index in [-0.39, 0.29) is 35.6 Å². The van der Waals surface area contributed by atoms with Crippen LogP contribution < -0.4 is 0 Å². The molecule has 2 aliphatic rings. The topological polar surface area (TPSA) is 0 Å². The van der Waals surface area contributed by atoms with Gasteiger partial charge in [-0.1, -0.05) is 183 Å². The van der Waals surface area contributed by atoms with Crippen molar-refractivity contribution in [1.29, 1.82) is 0 Å². The molecule has 6 aromatic carbocycles. The van der Waals surface area contributed by atoms with Gasteiger partial charge in [-0.25, -0.2) is 12.2 Å². The molecule has 8 rings (SSSR count). The van der Waals surface area contributed by atoms with Gasteiger partial charge in [0, 0.05) is 0 Å². The van der Waals surface area contributed by atoms with E-state index >= 15 is 0 Å². The van der Waals surface area contributed by atoms with Gasteiger partial charge in [0.2, 0.25) is 0 Å². The summed E-state index contributed by atoms with van der Waals surface area (Å²) >= 11 is 5.82. The molecule has 0 nitrogen and oxygen atoms in total. The molecule has 0 radical (unpaired) electrons. The normalized spacial score (nSPS) is 11.5. The average molecular weight is 1080 g/mol. The van der Waals surface area contributed by atoms with Gasteiger partial charge in [-0.2, -0.15) is 66.7 Å². The number of allylic oxidation sites excluding steroid dienone is 4. The Bertz CT molecular complexity index is 1960. The van der Waals surface area contributed by atoms with E-state index in [2.05, 4.69) is 200 Å². The second kappa shape index (κ2) is 24.5. The van der Waals surface area contributed by atoms with Gasteiger partial charge < -0.3 is 0 Å². The standard InChI is InChI=1S/C33H33.2C6H4I.C5H5.CH2.2ClH.Zr/c1-32(2,3)30-20-26-24(18-28(30)22-13-9-7-10-14-22)17-25-19-29(23-15-11-8-12-16-23)31(21-27(25)26)33(4,5)6;2*7-6-4-2-1-3-5-6;1-2-4-5-3-1;;;;/h7-16,18,20-21H,17H2,1-6H3;2*2-5H;1-3H,4H2;1H2;2*1H;/q4*-1;;;;. The third-order valence-electron chi connectivity index (χ3n) is 8.76. The maximum atomic E-state index is 3.88. The van der Waals surface area contributed by atoms with Gasteiger partial charge in [-0.3, -0.25) is 6.08 Å². The van der Waals surface area contributed by atoms with Gasteiger partial charge in [0.1, 0.15) is 0 Å². The van der Waals surface area contributed by atoms with Gasteiger partial charge in [0.25, 0.3) is 0 Å². The monoisotopic (exact) mass is 1080 g/mol. The van der Waals surface area contributed by atoms with E-state index in [1.807, 2.05) is 60.7 Å². The first-order chi connectivity index (χ1) is 25.9. The first kappa shape index (κ1) is 49.7. The molecule has 0 unspecified atom stereocenters. The minimum atomic E-state index is 0. The van der Waals surface area contributed by atoms with E-state index in [1.54, 1.807) is 0 Å². The average Bonchev–Trinajstić information content (AvgIpc) is 3.88. The summed E-state index contributed by atoms with van der Waals surface area (Å²) < 4.78 is 5.86. The molecule has 0 aromatic heterocycles. The summed E-state index contributed by atoms with van der Waals surface area (Å²) in [5, 5.41) is 0. The van der Waals surface area contributed by atoms with E-state index in [1.165, 1.54) is 87.0 Å². The van der Waals surface area contributed by atoms with E-state index in [0.29, 0.717) is 0 Å². The fraction of sp³-hybridized carbons (Fsp3) is 0.196. The van der Waals surface area contributed by atoms with Crippen molar-refractivity contribution in [1.82, 2.24) is 0 Å². The predicted molar refractivity (Wildman–Crippen MR) is 261 cm³/mol. The van der Waals surface area contributed by atoms with Crippen molar-refractivity contribution < 1.29 is 24.2 Å². The Hall–Kier alpha value is -2.41. The van der Waals surface area contributed by atoms with Crippen molar-refractivity contribution in [2.75, 3.05) is 0 Å². The molecule has 0 N–H and O–H groups in total. The van der Waals surface area contributed by atoms with Crippen LogP contribution >= 0.6 is 70.0 Å². The zero-order valence-electron chi connectivity index (χ0n) is 33.1. The van der Waals surface area contributed by atoms with Crippen LogP contribution in [0.15, 0.2) is 146 Å². The molecule has 56 heavy (non-hydrogen) atoms. The Morgan fingerprint density at radius 1 is 0.589 bits per heavy atom. The Balaban J connectivity index is 0.000000382. The third-order valence-corrected chi connectivity index (χ3v) is 10.2. The van der Waals surface area contributed by atoms with E-state index in [4.69, 9.17) is 0 Å². The number of benzene rings is 6. The second-order valence-corrected chi connectivity index (χ2v) is 17.3.